The van der Waals surface area contributed by atoms with Gasteiger partial charge in [-0.05, 0) is 18.1 Å². The van der Waals surface area contributed by atoms with Crippen LogP contribution >= 0.6 is 0 Å². The van der Waals surface area contributed by atoms with Gasteiger partial charge in [0, 0.05) is 29.0 Å². The standard InChI is InChI=1S/C12H12N2O4/c15-12-11-7(3-4-13-12)1-2-10-9(11)5-8(6-18-10)14(16)17/h1-2,8H,3-6H2,(H,13,15). The minimum absolute atomic E-state index is 0.0698. The minimum atomic E-state index is -0.765. The maximum absolute atomic E-state index is 11.9. The van der Waals surface area contributed by atoms with E-state index in [1.807, 2.05) is 12.1 Å². The molecule has 6 nitrogen and oxygen atoms in total. The third-order valence-electron chi connectivity index (χ3n) is 3.43. The van der Waals surface area contributed by atoms with Gasteiger partial charge in [0.2, 0.25) is 0 Å². The predicted octanol–water partition coefficient (Wildman–Crippen LogP) is 0.553. The van der Waals surface area contributed by atoms with Crippen molar-refractivity contribution < 1.29 is 14.5 Å². The van der Waals surface area contributed by atoms with Crippen molar-refractivity contribution in [3.8, 4) is 5.75 Å². The Balaban J connectivity index is 2.08. The zero-order valence-electron chi connectivity index (χ0n) is 9.64. The monoisotopic (exact) mass is 248 g/mol. The van der Waals surface area contributed by atoms with Crippen molar-refractivity contribution in [2.45, 2.75) is 18.9 Å². The molecule has 0 spiro atoms. The van der Waals surface area contributed by atoms with Gasteiger partial charge in [-0.3, -0.25) is 14.9 Å². The summed E-state index contributed by atoms with van der Waals surface area (Å²) in [5.41, 5.74) is 2.20. The number of hydrogen-bond acceptors (Lipinski definition) is 4. The molecule has 1 aromatic rings. The third kappa shape index (κ3) is 1.61. The summed E-state index contributed by atoms with van der Waals surface area (Å²) in [5.74, 6) is 0.449. The van der Waals surface area contributed by atoms with Crippen LogP contribution in [0.25, 0.3) is 0 Å². The lowest BCUT2D eigenvalue weighted by Gasteiger charge is -2.26. The lowest BCUT2D eigenvalue weighted by Crippen LogP contribution is -2.37. The van der Waals surface area contributed by atoms with Gasteiger partial charge in [0.05, 0.1) is 0 Å². The summed E-state index contributed by atoms with van der Waals surface area (Å²) >= 11 is 0. The highest BCUT2D eigenvalue weighted by Crippen LogP contribution is 2.32. The average Bonchev–Trinajstić information content (AvgIpc) is 2.37. The largest absolute Gasteiger partial charge is 0.486 e. The minimum Gasteiger partial charge on any atom is -0.486 e. The zero-order valence-corrected chi connectivity index (χ0v) is 9.64. The summed E-state index contributed by atoms with van der Waals surface area (Å²) in [6, 6.07) is 2.92. The molecule has 2 aliphatic heterocycles. The average molecular weight is 248 g/mol. The molecule has 1 N–H and O–H groups in total. The van der Waals surface area contributed by atoms with Crippen molar-refractivity contribution in [2.24, 2.45) is 0 Å². The number of carbonyl (C=O) groups excluding carboxylic acids is 1. The van der Waals surface area contributed by atoms with E-state index in [2.05, 4.69) is 5.32 Å². The van der Waals surface area contributed by atoms with E-state index in [0.717, 1.165) is 12.0 Å². The molecule has 2 aliphatic rings. The molecule has 0 radical (unpaired) electrons. The van der Waals surface area contributed by atoms with E-state index < -0.39 is 6.04 Å². The van der Waals surface area contributed by atoms with Crippen LogP contribution in [-0.4, -0.2) is 30.0 Å². The SMILES string of the molecule is O=C1NCCc2ccc3c(c21)CC([N+](=O)[O-])CO3. The maximum atomic E-state index is 11.9. The number of fused-ring (bicyclic) bond motifs is 3. The number of nitrogens with zero attached hydrogens (tertiary/aromatic N) is 1. The maximum Gasteiger partial charge on any atom is 0.251 e. The van der Waals surface area contributed by atoms with Crippen LogP contribution in [0.2, 0.25) is 0 Å². The Bertz CT molecular complexity index is 541. The second kappa shape index (κ2) is 3.97. The molecule has 1 atom stereocenters. The van der Waals surface area contributed by atoms with Crippen LogP contribution in [0.1, 0.15) is 21.5 Å². The smallest absolute Gasteiger partial charge is 0.251 e. The Labute approximate surface area is 103 Å². The Kier molecular flexibility index (Phi) is 2.43. The number of rotatable bonds is 1. The summed E-state index contributed by atoms with van der Waals surface area (Å²) in [7, 11) is 0. The molecule has 1 unspecified atom stereocenters. The molecule has 0 saturated carbocycles. The summed E-state index contributed by atoms with van der Waals surface area (Å²) in [6.45, 7) is 0.685. The van der Waals surface area contributed by atoms with E-state index in [4.69, 9.17) is 4.74 Å². The van der Waals surface area contributed by atoms with E-state index in [1.54, 1.807) is 0 Å². The van der Waals surface area contributed by atoms with Gasteiger partial charge in [-0.25, -0.2) is 0 Å². The van der Waals surface area contributed by atoms with Crippen molar-refractivity contribution in [1.82, 2.24) is 5.32 Å². The summed E-state index contributed by atoms with van der Waals surface area (Å²) in [6.07, 6.45) is 1.02. The van der Waals surface area contributed by atoms with Crippen LogP contribution in [0.15, 0.2) is 12.1 Å². The van der Waals surface area contributed by atoms with Crippen LogP contribution in [0.4, 0.5) is 0 Å². The van der Waals surface area contributed by atoms with Crippen LogP contribution < -0.4 is 10.1 Å². The lowest BCUT2D eigenvalue weighted by molar-refractivity contribution is -0.525. The molecule has 2 heterocycles. The normalized spacial score (nSPS) is 21.3. The van der Waals surface area contributed by atoms with E-state index in [1.165, 1.54) is 0 Å². The first-order valence-electron chi connectivity index (χ1n) is 5.86. The Morgan fingerprint density at radius 2 is 2.28 bits per heavy atom. The van der Waals surface area contributed by atoms with E-state index in [0.29, 0.717) is 23.4 Å². The van der Waals surface area contributed by atoms with Crippen LogP contribution in [0.3, 0.4) is 0 Å². The quantitative estimate of drug-likeness (QED) is 0.581. The predicted molar refractivity (Wildman–Crippen MR) is 62.5 cm³/mol. The molecule has 3 rings (SSSR count). The summed E-state index contributed by atoms with van der Waals surface area (Å²) < 4.78 is 5.39. The van der Waals surface area contributed by atoms with Crippen molar-refractivity contribution in [3.05, 3.63) is 38.9 Å². The molecule has 1 aromatic carbocycles. The fourth-order valence-corrected chi connectivity index (χ4v) is 2.52. The molecular formula is C12H12N2O4. The zero-order chi connectivity index (χ0) is 12.7. The molecule has 6 heteroatoms. The first kappa shape index (κ1) is 11.0. The number of benzene rings is 1. The van der Waals surface area contributed by atoms with Gasteiger partial charge in [0.25, 0.3) is 11.9 Å². The number of amides is 1. The van der Waals surface area contributed by atoms with Gasteiger partial charge < -0.3 is 10.1 Å². The highest BCUT2D eigenvalue weighted by atomic mass is 16.6. The van der Waals surface area contributed by atoms with Crippen molar-refractivity contribution in [1.29, 1.82) is 0 Å². The molecule has 0 saturated heterocycles. The first-order valence-corrected chi connectivity index (χ1v) is 5.86. The van der Waals surface area contributed by atoms with Gasteiger partial charge >= 0.3 is 0 Å². The Morgan fingerprint density at radius 1 is 1.44 bits per heavy atom. The van der Waals surface area contributed by atoms with Gasteiger partial charge in [-0.1, -0.05) is 6.07 Å². The highest BCUT2D eigenvalue weighted by molar-refractivity contribution is 5.99. The summed E-state index contributed by atoms with van der Waals surface area (Å²) in [4.78, 5) is 22.4. The van der Waals surface area contributed by atoms with Gasteiger partial charge in [0.1, 0.15) is 5.75 Å². The fourth-order valence-electron chi connectivity index (χ4n) is 2.52. The van der Waals surface area contributed by atoms with E-state index in [9.17, 15) is 14.9 Å². The molecule has 0 aliphatic carbocycles. The molecule has 0 fully saturated rings. The molecule has 18 heavy (non-hydrogen) atoms. The second-order valence-corrected chi connectivity index (χ2v) is 4.54. The topological polar surface area (TPSA) is 81.5 Å². The van der Waals surface area contributed by atoms with E-state index in [-0.39, 0.29) is 23.9 Å². The van der Waals surface area contributed by atoms with E-state index >= 15 is 0 Å². The van der Waals surface area contributed by atoms with Crippen LogP contribution in [0, 0.1) is 10.1 Å². The second-order valence-electron chi connectivity index (χ2n) is 4.54. The molecule has 0 bridgehead atoms. The molecule has 94 valence electrons. The van der Waals surface area contributed by atoms with Gasteiger partial charge in [-0.15, -0.1) is 0 Å². The molecule has 0 aromatic heterocycles. The highest BCUT2D eigenvalue weighted by Gasteiger charge is 2.33. The Morgan fingerprint density at radius 3 is 3.06 bits per heavy atom. The summed E-state index contributed by atoms with van der Waals surface area (Å²) in [5, 5.41) is 13.6. The fraction of sp³-hybridized carbons (Fsp3) is 0.417. The first-order chi connectivity index (χ1) is 8.66. The number of carbonyl (C=O) groups is 1. The third-order valence-corrected chi connectivity index (χ3v) is 3.43. The number of ether oxygens (including phenoxy) is 1. The lowest BCUT2D eigenvalue weighted by atomic mass is 9.90. The number of nitrogens with one attached hydrogen (secondary N) is 1. The van der Waals surface area contributed by atoms with Crippen molar-refractivity contribution in [3.63, 3.8) is 0 Å². The van der Waals surface area contributed by atoms with Crippen molar-refractivity contribution in [2.75, 3.05) is 13.2 Å². The molecule has 1 amide bonds. The van der Waals surface area contributed by atoms with Gasteiger partial charge in [-0.2, -0.15) is 0 Å². The van der Waals surface area contributed by atoms with Crippen molar-refractivity contribution >= 4 is 5.91 Å². The number of hydrogen-bond donors (Lipinski definition) is 1. The van der Waals surface area contributed by atoms with Crippen LogP contribution in [-0.2, 0) is 12.8 Å². The van der Waals surface area contributed by atoms with Crippen LogP contribution in [0.5, 0.6) is 5.75 Å². The number of nitro groups is 1. The van der Waals surface area contributed by atoms with Gasteiger partial charge in [0.15, 0.2) is 6.61 Å². The Hall–Kier alpha value is -2.11. The molecular weight excluding hydrogens is 236 g/mol.